The van der Waals surface area contributed by atoms with Crippen LogP contribution in [0.25, 0.3) is 0 Å². The zero-order valence-corrected chi connectivity index (χ0v) is 17.6. The average Bonchev–Trinajstić information content (AvgIpc) is 3.27. The fourth-order valence-corrected chi connectivity index (χ4v) is 4.29. The number of thiophene rings is 1. The fraction of sp³-hybridized carbons (Fsp3) is 0.391. The van der Waals surface area contributed by atoms with Crippen LogP contribution in [-0.4, -0.2) is 42.1 Å². The van der Waals surface area contributed by atoms with Gasteiger partial charge in [0.05, 0.1) is 12.6 Å². The van der Waals surface area contributed by atoms with Crippen molar-refractivity contribution in [3.8, 4) is 0 Å². The van der Waals surface area contributed by atoms with Crippen LogP contribution in [0.3, 0.4) is 0 Å². The lowest BCUT2D eigenvalue weighted by Gasteiger charge is -2.46. The van der Waals surface area contributed by atoms with Crippen LogP contribution in [0.15, 0.2) is 60.5 Å². The Bertz CT molecular complexity index is 821. The van der Waals surface area contributed by atoms with Crippen molar-refractivity contribution in [2.75, 3.05) is 13.2 Å². The van der Waals surface area contributed by atoms with Crippen molar-refractivity contribution in [2.24, 2.45) is 11.8 Å². The van der Waals surface area contributed by atoms with E-state index in [-0.39, 0.29) is 36.4 Å². The highest BCUT2D eigenvalue weighted by molar-refractivity contribution is 7.11. The number of benzene rings is 1. The first-order valence-corrected chi connectivity index (χ1v) is 10.7. The minimum Gasteiger partial charge on any atom is -0.459 e. The third-order valence-electron chi connectivity index (χ3n) is 5.55. The molecular weight excluding hydrogens is 386 g/mol. The lowest BCUT2D eigenvalue weighted by Crippen LogP contribution is -2.60. The number of carbonyl (C=O) groups is 2. The first kappa shape index (κ1) is 21.3. The molecule has 6 heteroatoms. The summed E-state index contributed by atoms with van der Waals surface area (Å²) < 4.78 is 11.6. The minimum atomic E-state index is -0.533. The molecular formula is C23H27NO4S. The second-order valence-electron chi connectivity index (χ2n) is 7.36. The van der Waals surface area contributed by atoms with Gasteiger partial charge in [-0.1, -0.05) is 56.3 Å². The van der Waals surface area contributed by atoms with E-state index in [4.69, 9.17) is 9.47 Å². The summed E-state index contributed by atoms with van der Waals surface area (Å²) >= 11 is 1.34. The van der Waals surface area contributed by atoms with Crippen molar-refractivity contribution >= 4 is 23.2 Å². The highest BCUT2D eigenvalue weighted by Gasteiger charge is 2.45. The van der Waals surface area contributed by atoms with Gasteiger partial charge in [-0.25, -0.2) is 4.79 Å². The lowest BCUT2D eigenvalue weighted by atomic mass is 9.80. The van der Waals surface area contributed by atoms with Gasteiger partial charge in [-0.05, 0) is 28.8 Å². The van der Waals surface area contributed by atoms with E-state index in [1.54, 1.807) is 17.0 Å². The number of nitrogens with zero attached hydrogens (tertiary/aromatic N) is 1. The molecule has 154 valence electrons. The number of hydrogen-bond acceptors (Lipinski definition) is 5. The van der Waals surface area contributed by atoms with Crippen molar-refractivity contribution in [2.45, 2.75) is 32.6 Å². The van der Waals surface area contributed by atoms with Crippen molar-refractivity contribution in [1.29, 1.82) is 0 Å². The predicted octanol–water partition coefficient (Wildman–Crippen LogP) is 4.16. The van der Waals surface area contributed by atoms with Gasteiger partial charge in [-0.3, -0.25) is 4.79 Å². The van der Waals surface area contributed by atoms with Crippen molar-refractivity contribution in [3.05, 3.63) is 70.9 Å². The van der Waals surface area contributed by atoms with E-state index in [0.717, 1.165) is 5.56 Å². The molecule has 4 unspecified atom stereocenters. The van der Waals surface area contributed by atoms with Gasteiger partial charge in [-0.15, -0.1) is 17.9 Å². The molecule has 0 N–H and O–H groups in total. The second kappa shape index (κ2) is 9.85. The Labute approximate surface area is 175 Å². The number of ether oxygens (including phenoxy) is 2. The molecule has 1 aromatic heterocycles. The normalized spacial score (nSPS) is 24.3. The highest BCUT2D eigenvalue weighted by Crippen LogP contribution is 2.32. The third-order valence-corrected chi connectivity index (χ3v) is 6.40. The van der Waals surface area contributed by atoms with E-state index in [0.29, 0.717) is 18.0 Å². The molecule has 1 aliphatic rings. The fourth-order valence-electron chi connectivity index (χ4n) is 3.68. The van der Waals surface area contributed by atoms with E-state index in [2.05, 4.69) is 13.5 Å². The number of rotatable bonds is 8. The quantitative estimate of drug-likeness (QED) is 0.482. The monoisotopic (exact) mass is 413 g/mol. The Morgan fingerprint density at radius 1 is 1.17 bits per heavy atom. The molecule has 1 fully saturated rings. The van der Waals surface area contributed by atoms with Crippen molar-refractivity contribution < 1.29 is 19.1 Å². The minimum absolute atomic E-state index is 0.00211. The van der Waals surface area contributed by atoms with Gasteiger partial charge in [0.2, 0.25) is 0 Å². The van der Waals surface area contributed by atoms with E-state index >= 15 is 0 Å². The number of amides is 1. The van der Waals surface area contributed by atoms with Gasteiger partial charge in [-0.2, -0.15) is 0 Å². The van der Waals surface area contributed by atoms with Crippen molar-refractivity contribution in [1.82, 2.24) is 4.90 Å². The topological polar surface area (TPSA) is 55.8 Å². The maximum atomic E-state index is 13.2. The van der Waals surface area contributed by atoms with Crippen LogP contribution in [-0.2, 0) is 20.9 Å². The molecule has 1 aliphatic heterocycles. The zero-order valence-electron chi connectivity index (χ0n) is 16.8. The molecule has 0 bridgehead atoms. The summed E-state index contributed by atoms with van der Waals surface area (Å²) in [4.78, 5) is 27.7. The van der Waals surface area contributed by atoms with Crippen LogP contribution < -0.4 is 0 Å². The zero-order chi connectivity index (χ0) is 20.8. The van der Waals surface area contributed by atoms with E-state index in [1.807, 2.05) is 48.7 Å². The molecule has 1 aromatic carbocycles. The summed E-state index contributed by atoms with van der Waals surface area (Å²) in [6, 6.07) is 13.2. The van der Waals surface area contributed by atoms with Gasteiger partial charge < -0.3 is 14.4 Å². The number of likely N-dealkylation sites (tertiary alicyclic amines) is 1. The van der Waals surface area contributed by atoms with E-state index < -0.39 is 6.10 Å². The van der Waals surface area contributed by atoms with Crippen LogP contribution in [0.1, 0.15) is 29.1 Å². The Hall–Kier alpha value is -2.44. The summed E-state index contributed by atoms with van der Waals surface area (Å²) in [5, 5.41) is 1.84. The first-order chi connectivity index (χ1) is 14.0. The summed E-state index contributed by atoms with van der Waals surface area (Å²) in [5.41, 5.74) is 1.03. The van der Waals surface area contributed by atoms with Gasteiger partial charge in [0, 0.05) is 6.54 Å². The molecule has 0 radical (unpaired) electrons. The molecule has 1 saturated heterocycles. The number of hydrogen-bond donors (Lipinski definition) is 0. The van der Waals surface area contributed by atoms with Crippen LogP contribution in [0.2, 0.25) is 0 Å². The Balaban J connectivity index is 1.69. The molecule has 29 heavy (non-hydrogen) atoms. The molecule has 1 amide bonds. The summed E-state index contributed by atoms with van der Waals surface area (Å²) in [6.45, 7) is 8.82. The van der Waals surface area contributed by atoms with Crippen LogP contribution in [0.4, 0.5) is 0 Å². The van der Waals surface area contributed by atoms with Crippen LogP contribution >= 0.6 is 11.3 Å². The molecule has 0 aliphatic carbocycles. The van der Waals surface area contributed by atoms with Crippen molar-refractivity contribution in [3.63, 3.8) is 0 Å². The SMILES string of the molecule is C=CCN1C(=O)C(OCc2ccccc2)C(C)C(C)C1COC(=O)c1cccs1. The maximum Gasteiger partial charge on any atom is 0.348 e. The molecule has 0 spiro atoms. The summed E-state index contributed by atoms with van der Waals surface area (Å²) in [6.07, 6.45) is 1.16. The van der Waals surface area contributed by atoms with E-state index in [9.17, 15) is 9.59 Å². The van der Waals surface area contributed by atoms with Crippen LogP contribution in [0, 0.1) is 11.8 Å². The summed E-state index contributed by atoms with van der Waals surface area (Å²) in [5.74, 6) is -0.334. The molecule has 4 atom stereocenters. The Morgan fingerprint density at radius 3 is 2.59 bits per heavy atom. The Kier molecular flexibility index (Phi) is 7.23. The standard InChI is InChI=1S/C23H27NO4S/c1-4-12-24-19(15-28-23(26)20-11-8-13-29-20)16(2)17(3)21(22(24)25)27-14-18-9-6-5-7-10-18/h4-11,13,16-17,19,21H,1,12,14-15H2,2-3H3. The second-order valence-corrected chi connectivity index (χ2v) is 8.31. The maximum absolute atomic E-state index is 13.2. The lowest BCUT2D eigenvalue weighted by molar-refractivity contribution is -0.164. The predicted molar refractivity (Wildman–Crippen MR) is 114 cm³/mol. The largest absolute Gasteiger partial charge is 0.459 e. The smallest absolute Gasteiger partial charge is 0.348 e. The molecule has 3 rings (SSSR count). The highest BCUT2D eigenvalue weighted by atomic mass is 32.1. The van der Waals surface area contributed by atoms with Crippen LogP contribution in [0.5, 0.6) is 0 Å². The van der Waals surface area contributed by atoms with Gasteiger partial charge in [0.1, 0.15) is 17.6 Å². The molecule has 0 saturated carbocycles. The molecule has 2 heterocycles. The van der Waals surface area contributed by atoms with Gasteiger partial charge >= 0.3 is 5.97 Å². The van der Waals surface area contributed by atoms with Gasteiger partial charge in [0.15, 0.2) is 0 Å². The van der Waals surface area contributed by atoms with Gasteiger partial charge in [0.25, 0.3) is 5.91 Å². The molecule has 2 aromatic rings. The Morgan fingerprint density at radius 2 is 1.93 bits per heavy atom. The number of esters is 1. The third kappa shape index (κ3) is 4.95. The van der Waals surface area contributed by atoms with E-state index in [1.165, 1.54) is 11.3 Å². The first-order valence-electron chi connectivity index (χ1n) is 9.80. The molecule has 5 nitrogen and oxygen atoms in total. The number of piperidine rings is 1. The number of carbonyl (C=O) groups excluding carboxylic acids is 2. The average molecular weight is 414 g/mol. The summed E-state index contributed by atoms with van der Waals surface area (Å²) in [7, 11) is 0.